The van der Waals surface area contributed by atoms with Crippen LogP contribution in [0.2, 0.25) is 0 Å². The van der Waals surface area contributed by atoms with Gasteiger partial charge in [-0.2, -0.15) is 0 Å². The molecule has 1 amide bonds. The van der Waals surface area contributed by atoms with Crippen molar-refractivity contribution >= 4 is 11.9 Å². The molecular weight excluding hydrogens is 356 g/mol. The minimum Gasteiger partial charge on any atom is -0.369 e. The van der Waals surface area contributed by atoms with Crippen LogP contribution < -0.4 is 22.1 Å². The zero-order valence-corrected chi connectivity index (χ0v) is 15.7. The van der Waals surface area contributed by atoms with Crippen LogP contribution in [-0.4, -0.2) is 46.5 Å². The summed E-state index contributed by atoms with van der Waals surface area (Å²) in [4.78, 5) is 32.4. The maximum absolute atomic E-state index is 12.6. The molecule has 2 unspecified atom stereocenters. The Hall–Kier alpha value is -2.71. The number of likely N-dealkylation sites (tertiary alicyclic amines) is 1. The number of piperidine rings is 1. The lowest BCUT2D eigenvalue weighted by Crippen LogP contribution is -2.46. The fourth-order valence-corrected chi connectivity index (χ4v) is 4.38. The molecule has 1 aromatic heterocycles. The van der Waals surface area contributed by atoms with Crippen molar-refractivity contribution in [1.82, 2.24) is 25.7 Å². The highest BCUT2D eigenvalue weighted by Gasteiger charge is 2.36. The van der Waals surface area contributed by atoms with E-state index in [1.807, 2.05) is 11.0 Å². The summed E-state index contributed by atoms with van der Waals surface area (Å²) in [6.45, 7) is 2.37. The van der Waals surface area contributed by atoms with Gasteiger partial charge in [-0.25, -0.2) is 4.98 Å². The normalized spacial score (nSPS) is 23.1. The van der Waals surface area contributed by atoms with Crippen molar-refractivity contribution in [2.75, 3.05) is 25.4 Å². The van der Waals surface area contributed by atoms with Gasteiger partial charge in [0.25, 0.3) is 5.56 Å². The van der Waals surface area contributed by atoms with Gasteiger partial charge in [0.05, 0.1) is 12.1 Å². The van der Waals surface area contributed by atoms with E-state index in [0.717, 1.165) is 32.5 Å². The van der Waals surface area contributed by atoms with Crippen molar-refractivity contribution in [1.29, 1.82) is 0 Å². The Kier molecular flexibility index (Phi) is 5.40. The Balaban J connectivity index is 1.35. The van der Waals surface area contributed by atoms with Gasteiger partial charge in [0.1, 0.15) is 0 Å². The Morgan fingerprint density at radius 1 is 1.21 bits per heavy atom. The predicted molar refractivity (Wildman–Crippen MR) is 106 cm³/mol. The number of hydrogen-bond acceptors (Lipinski definition) is 6. The number of H-pyrrole nitrogens is 1. The third-order valence-electron chi connectivity index (χ3n) is 5.80. The first-order chi connectivity index (χ1) is 13.6. The molecule has 8 nitrogen and oxygen atoms in total. The maximum Gasteiger partial charge on any atom is 0.252 e. The molecule has 8 heteroatoms. The lowest BCUT2D eigenvalue weighted by atomic mass is 9.80. The molecule has 2 fully saturated rings. The fourth-order valence-electron chi connectivity index (χ4n) is 4.38. The number of hydrogen-bond donors (Lipinski definition) is 4. The minimum absolute atomic E-state index is 0.00642. The van der Waals surface area contributed by atoms with E-state index < -0.39 is 0 Å². The van der Waals surface area contributed by atoms with Crippen molar-refractivity contribution in [3.63, 3.8) is 0 Å². The number of hydrazine groups is 1. The van der Waals surface area contributed by atoms with E-state index in [9.17, 15) is 9.59 Å². The standard InChI is InChI=1S/C20H26N6O2/c21-20-23-15(10-17(27)24-20)11-18(28)26-8-6-14(7-9-26)19-16(12-22-25-19)13-4-2-1-3-5-13/h1-5,10,14,16,19,22,25H,6-9,11-12H2,(H3,21,23,24,27). The SMILES string of the molecule is Nc1nc(CC(=O)N2CCC(C3NNCC3c3ccccc3)CC2)cc(=O)[nH]1. The molecular formula is C20H26N6O2. The third-order valence-corrected chi connectivity index (χ3v) is 5.80. The molecule has 2 aliphatic rings. The van der Waals surface area contributed by atoms with Crippen molar-refractivity contribution in [3.05, 3.63) is 58.0 Å². The molecule has 0 spiro atoms. The largest absolute Gasteiger partial charge is 0.369 e. The van der Waals surface area contributed by atoms with E-state index in [0.29, 0.717) is 23.6 Å². The van der Waals surface area contributed by atoms with Crippen molar-refractivity contribution in [3.8, 4) is 0 Å². The number of amides is 1. The van der Waals surface area contributed by atoms with Gasteiger partial charge in [0.15, 0.2) is 0 Å². The second-order valence-corrected chi connectivity index (χ2v) is 7.59. The molecule has 2 aromatic rings. The number of aromatic nitrogens is 2. The first-order valence-electron chi connectivity index (χ1n) is 9.77. The van der Waals surface area contributed by atoms with Crippen LogP contribution in [0.25, 0.3) is 0 Å². The number of nitrogens with one attached hydrogen (secondary N) is 3. The van der Waals surface area contributed by atoms with Gasteiger partial charge < -0.3 is 10.6 Å². The summed E-state index contributed by atoms with van der Waals surface area (Å²) in [5.41, 5.74) is 13.8. The Morgan fingerprint density at radius 3 is 2.68 bits per heavy atom. The number of anilines is 1. The van der Waals surface area contributed by atoms with Gasteiger partial charge in [0, 0.05) is 37.7 Å². The third kappa shape index (κ3) is 4.07. The number of aromatic amines is 1. The van der Waals surface area contributed by atoms with Gasteiger partial charge >= 0.3 is 0 Å². The predicted octanol–water partition coefficient (Wildman–Crippen LogP) is 0.393. The summed E-state index contributed by atoms with van der Waals surface area (Å²) in [5, 5.41) is 0. The molecule has 148 valence electrons. The lowest BCUT2D eigenvalue weighted by Gasteiger charge is -2.36. The van der Waals surface area contributed by atoms with Gasteiger partial charge in [-0.3, -0.25) is 25.4 Å². The van der Waals surface area contributed by atoms with Crippen LogP contribution in [0.1, 0.15) is 30.0 Å². The van der Waals surface area contributed by atoms with E-state index in [4.69, 9.17) is 5.73 Å². The maximum atomic E-state index is 12.6. The van der Waals surface area contributed by atoms with E-state index >= 15 is 0 Å². The highest BCUT2D eigenvalue weighted by atomic mass is 16.2. The number of carbonyl (C=O) groups excluding carboxylic acids is 1. The topological polar surface area (TPSA) is 116 Å². The first kappa shape index (κ1) is 18.6. The lowest BCUT2D eigenvalue weighted by molar-refractivity contribution is -0.132. The van der Waals surface area contributed by atoms with Crippen LogP contribution in [0, 0.1) is 5.92 Å². The van der Waals surface area contributed by atoms with Crippen LogP contribution in [0.4, 0.5) is 5.95 Å². The summed E-state index contributed by atoms with van der Waals surface area (Å²) in [5.74, 6) is 0.989. The van der Waals surface area contributed by atoms with Gasteiger partial charge in [-0.1, -0.05) is 30.3 Å². The average molecular weight is 382 g/mol. The highest BCUT2D eigenvalue weighted by Crippen LogP contribution is 2.32. The zero-order valence-electron chi connectivity index (χ0n) is 15.7. The summed E-state index contributed by atoms with van der Waals surface area (Å²) >= 11 is 0. The van der Waals surface area contributed by atoms with Crippen LogP contribution in [0.3, 0.4) is 0 Å². The highest BCUT2D eigenvalue weighted by molar-refractivity contribution is 5.78. The van der Waals surface area contributed by atoms with E-state index in [2.05, 4.69) is 45.1 Å². The number of rotatable bonds is 4. The van der Waals surface area contributed by atoms with E-state index in [1.165, 1.54) is 11.6 Å². The fraction of sp³-hybridized carbons (Fsp3) is 0.450. The number of nitrogen functional groups attached to an aromatic ring is 1. The molecule has 2 saturated heterocycles. The van der Waals surface area contributed by atoms with Gasteiger partial charge in [0.2, 0.25) is 11.9 Å². The summed E-state index contributed by atoms with van der Waals surface area (Å²) in [6.07, 6.45) is 2.02. The molecule has 4 rings (SSSR count). The summed E-state index contributed by atoms with van der Waals surface area (Å²) in [7, 11) is 0. The minimum atomic E-state index is -0.333. The monoisotopic (exact) mass is 382 g/mol. The van der Waals surface area contributed by atoms with Crippen LogP contribution in [0.15, 0.2) is 41.2 Å². The smallest absolute Gasteiger partial charge is 0.252 e. The molecule has 0 saturated carbocycles. The Bertz CT molecular complexity index is 876. The van der Waals surface area contributed by atoms with E-state index in [1.54, 1.807) is 0 Å². The second-order valence-electron chi connectivity index (χ2n) is 7.59. The molecule has 2 aliphatic heterocycles. The summed E-state index contributed by atoms with van der Waals surface area (Å²) < 4.78 is 0. The number of nitrogens with zero attached hydrogens (tertiary/aromatic N) is 2. The molecule has 28 heavy (non-hydrogen) atoms. The average Bonchev–Trinajstić information content (AvgIpc) is 3.18. The van der Waals surface area contributed by atoms with Crippen LogP contribution >= 0.6 is 0 Å². The van der Waals surface area contributed by atoms with Gasteiger partial charge in [-0.05, 0) is 24.3 Å². The zero-order chi connectivity index (χ0) is 19.5. The number of nitrogens with two attached hydrogens (primary N) is 1. The van der Waals surface area contributed by atoms with Crippen molar-refractivity contribution < 1.29 is 4.79 Å². The number of carbonyl (C=O) groups is 1. The molecule has 0 bridgehead atoms. The molecule has 2 atom stereocenters. The first-order valence-corrected chi connectivity index (χ1v) is 9.77. The molecule has 1 aromatic carbocycles. The Morgan fingerprint density at radius 2 is 1.96 bits per heavy atom. The summed E-state index contributed by atoms with van der Waals surface area (Å²) in [6, 6.07) is 12.3. The molecule has 0 radical (unpaired) electrons. The van der Waals surface area contributed by atoms with E-state index in [-0.39, 0.29) is 23.8 Å². The van der Waals surface area contributed by atoms with Crippen molar-refractivity contribution in [2.24, 2.45) is 5.92 Å². The Labute approximate surface area is 163 Å². The van der Waals surface area contributed by atoms with Crippen LogP contribution in [0.5, 0.6) is 0 Å². The quantitative estimate of drug-likeness (QED) is 0.608. The van der Waals surface area contributed by atoms with Crippen molar-refractivity contribution in [2.45, 2.75) is 31.2 Å². The molecule has 3 heterocycles. The molecule has 0 aliphatic carbocycles. The number of benzene rings is 1. The van der Waals surface area contributed by atoms with Gasteiger partial charge in [-0.15, -0.1) is 0 Å². The molecule has 5 N–H and O–H groups in total. The second kappa shape index (κ2) is 8.12. The van der Waals surface area contributed by atoms with Crippen LogP contribution in [-0.2, 0) is 11.2 Å².